The van der Waals surface area contributed by atoms with E-state index in [1.165, 1.54) is 5.56 Å². The molecule has 6 bridgehead atoms. The van der Waals surface area contributed by atoms with Gasteiger partial charge in [-0.25, -0.2) is 0 Å². The Labute approximate surface area is 138 Å². The summed E-state index contributed by atoms with van der Waals surface area (Å²) in [6.07, 6.45) is 6.81. The fraction of sp³-hybridized carbons (Fsp3) is 0.579. The lowest BCUT2D eigenvalue weighted by Gasteiger charge is -2.48. The molecule has 1 aliphatic carbocycles. The number of nitrogens with zero attached hydrogens (tertiary/aromatic N) is 1. The molecule has 0 saturated carbocycles. The molecule has 1 saturated heterocycles. The Bertz CT molecular complexity index is 615. The van der Waals surface area contributed by atoms with Crippen LogP contribution in [0, 0.1) is 11.8 Å². The molecule has 4 rings (SSSR count). The molecule has 0 unspecified atom stereocenters. The highest BCUT2D eigenvalue weighted by Crippen LogP contribution is 2.43. The van der Waals surface area contributed by atoms with Gasteiger partial charge in [-0.15, -0.1) is 0 Å². The lowest BCUT2D eigenvalue weighted by molar-refractivity contribution is -0.0511. The minimum atomic E-state index is 0.00627. The van der Waals surface area contributed by atoms with Crippen molar-refractivity contribution < 1.29 is 14.2 Å². The Hall–Kier alpha value is -1.52. The molecule has 5 atom stereocenters. The number of likely N-dealkylation sites (N-methyl/N-ethyl adjacent to an activating group) is 1. The van der Waals surface area contributed by atoms with Crippen LogP contribution < -0.4 is 9.47 Å². The number of ether oxygens (including phenoxy) is 3. The van der Waals surface area contributed by atoms with E-state index in [1.807, 2.05) is 6.07 Å². The van der Waals surface area contributed by atoms with Gasteiger partial charge in [0.2, 0.25) is 0 Å². The van der Waals surface area contributed by atoms with Crippen LogP contribution in [0.4, 0.5) is 0 Å². The largest absolute Gasteiger partial charge is 0.493 e. The molecule has 1 aromatic rings. The average Bonchev–Trinajstić information content (AvgIpc) is 2.58. The lowest BCUT2D eigenvalue weighted by Crippen LogP contribution is -2.55. The van der Waals surface area contributed by atoms with Crippen molar-refractivity contribution in [3.63, 3.8) is 0 Å². The van der Waals surface area contributed by atoms with E-state index in [9.17, 15) is 0 Å². The zero-order valence-electron chi connectivity index (χ0n) is 14.1. The zero-order valence-corrected chi connectivity index (χ0v) is 14.1. The van der Waals surface area contributed by atoms with Crippen molar-refractivity contribution in [1.82, 2.24) is 4.90 Å². The van der Waals surface area contributed by atoms with E-state index in [4.69, 9.17) is 14.2 Å². The molecule has 0 aromatic heterocycles. The van der Waals surface area contributed by atoms with Crippen LogP contribution in [-0.2, 0) is 11.2 Å². The Morgan fingerprint density at radius 3 is 2.87 bits per heavy atom. The molecule has 2 aliphatic heterocycles. The normalized spacial score (nSPS) is 35.7. The van der Waals surface area contributed by atoms with Crippen LogP contribution in [0.15, 0.2) is 30.4 Å². The lowest BCUT2D eigenvalue weighted by atomic mass is 9.71. The number of hydrogen-bond acceptors (Lipinski definition) is 4. The van der Waals surface area contributed by atoms with Crippen molar-refractivity contribution >= 4 is 0 Å². The predicted octanol–water partition coefficient (Wildman–Crippen LogP) is 2.52. The second-order valence-electron chi connectivity index (χ2n) is 6.93. The molecule has 4 nitrogen and oxygen atoms in total. The van der Waals surface area contributed by atoms with Crippen LogP contribution in [0.1, 0.15) is 12.0 Å². The van der Waals surface area contributed by atoms with Crippen LogP contribution in [0.5, 0.6) is 11.5 Å². The molecule has 1 fully saturated rings. The highest BCUT2D eigenvalue weighted by Gasteiger charge is 2.45. The molecule has 2 heterocycles. The number of methoxy groups -OCH3 is 2. The summed E-state index contributed by atoms with van der Waals surface area (Å²) < 4.78 is 17.7. The van der Waals surface area contributed by atoms with E-state index in [0.29, 0.717) is 17.9 Å². The summed E-state index contributed by atoms with van der Waals surface area (Å²) in [5.41, 5.74) is 1.31. The molecular formula is C19H25NO3. The molecule has 0 amide bonds. The van der Waals surface area contributed by atoms with Crippen LogP contribution in [0.25, 0.3) is 0 Å². The Kier molecular flexibility index (Phi) is 3.82. The van der Waals surface area contributed by atoms with E-state index >= 15 is 0 Å². The van der Waals surface area contributed by atoms with Gasteiger partial charge in [0.25, 0.3) is 0 Å². The number of rotatable bonds is 2. The van der Waals surface area contributed by atoms with Gasteiger partial charge < -0.3 is 19.1 Å². The van der Waals surface area contributed by atoms with Crippen LogP contribution >= 0.6 is 0 Å². The fourth-order valence-electron chi connectivity index (χ4n) is 4.52. The molecule has 23 heavy (non-hydrogen) atoms. The summed E-state index contributed by atoms with van der Waals surface area (Å²) in [5, 5.41) is 0. The molecule has 4 heteroatoms. The maximum atomic E-state index is 6.47. The maximum absolute atomic E-state index is 6.47. The number of hydrogen-bond donors (Lipinski definition) is 0. The van der Waals surface area contributed by atoms with E-state index in [0.717, 1.165) is 30.9 Å². The van der Waals surface area contributed by atoms with Gasteiger partial charge in [0.1, 0.15) is 12.2 Å². The van der Waals surface area contributed by atoms with Crippen molar-refractivity contribution in [3.05, 3.63) is 35.9 Å². The fourth-order valence-corrected chi connectivity index (χ4v) is 4.52. The van der Waals surface area contributed by atoms with Crippen molar-refractivity contribution in [3.8, 4) is 11.5 Å². The second kappa shape index (κ2) is 5.84. The summed E-state index contributed by atoms with van der Waals surface area (Å²) in [5.74, 6) is 2.66. The topological polar surface area (TPSA) is 30.9 Å². The first-order valence-corrected chi connectivity index (χ1v) is 8.46. The summed E-state index contributed by atoms with van der Waals surface area (Å²) in [6.45, 7) is 1.11. The van der Waals surface area contributed by atoms with E-state index in [1.54, 1.807) is 14.2 Å². The third-order valence-electron chi connectivity index (χ3n) is 5.80. The Morgan fingerprint density at radius 1 is 1.22 bits per heavy atom. The van der Waals surface area contributed by atoms with Crippen molar-refractivity contribution in [2.45, 2.75) is 31.1 Å². The van der Waals surface area contributed by atoms with Gasteiger partial charge in [-0.3, -0.25) is 0 Å². The first-order chi connectivity index (χ1) is 11.2. The highest BCUT2D eigenvalue weighted by atomic mass is 16.5. The van der Waals surface area contributed by atoms with E-state index in [2.05, 4.69) is 36.2 Å². The predicted molar refractivity (Wildman–Crippen MR) is 89.1 cm³/mol. The van der Waals surface area contributed by atoms with Crippen molar-refractivity contribution in [2.24, 2.45) is 11.8 Å². The van der Waals surface area contributed by atoms with Crippen LogP contribution in [0.2, 0.25) is 0 Å². The summed E-state index contributed by atoms with van der Waals surface area (Å²) in [4.78, 5) is 2.50. The molecule has 124 valence electrons. The van der Waals surface area contributed by atoms with Gasteiger partial charge in [0.05, 0.1) is 7.11 Å². The first kappa shape index (κ1) is 15.0. The van der Waals surface area contributed by atoms with Gasteiger partial charge in [-0.1, -0.05) is 18.2 Å². The quantitative estimate of drug-likeness (QED) is 0.785. The van der Waals surface area contributed by atoms with Crippen molar-refractivity contribution in [2.75, 3.05) is 27.8 Å². The number of benzene rings is 1. The third kappa shape index (κ3) is 2.45. The Balaban J connectivity index is 1.82. The van der Waals surface area contributed by atoms with Gasteiger partial charge in [0, 0.05) is 19.1 Å². The smallest absolute Gasteiger partial charge is 0.162 e. The zero-order chi connectivity index (χ0) is 16.0. The SMILES string of the molecule is COc1ccc2cc1O[C@@H]1[C@H]3CCN(C)[C@H](C2)[C@@H]3C=C[C@@H]1OC. The maximum Gasteiger partial charge on any atom is 0.162 e. The van der Waals surface area contributed by atoms with Gasteiger partial charge in [-0.2, -0.15) is 0 Å². The highest BCUT2D eigenvalue weighted by molar-refractivity contribution is 5.44. The Morgan fingerprint density at radius 2 is 2.09 bits per heavy atom. The molecule has 1 aromatic carbocycles. The number of fused-ring (bicyclic) bond motifs is 2. The molecular weight excluding hydrogens is 290 g/mol. The summed E-state index contributed by atoms with van der Waals surface area (Å²) in [6, 6.07) is 6.86. The van der Waals surface area contributed by atoms with Gasteiger partial charge in [0.15, 0.2) is 11.5 Å². The molecule has 0 spiro atoms. The number of piperidine rings is 1. The third-order valence-corrected chi connectivity index (χ3v) is 5.80. The molecule has 3 aliphatic rings. The van der Waals surface area contributed by atoms with Crippen LogP contribution in [0.3, 0.4) is 0 Å². The van der Waals surface area contributed by atoms with Gasteiger partial charge >= 0.3 is 0 Å². The van der Waals surface area contributed by atoms with E-state index < -0.39 is 0 Å². The summed E-state index contributed by atoms with van der Waals surface area (Å²) in [7, 11) is 5.71. The second-order valence-corrected chi connectivity index (χ2v) is 6.93. The van der Waals surface area contributed by atoms with Gasteiger partial charge in [-0.05, 0) is 50.0 Å². The molecule has 0 radical (unpaired) electrons. The summed E-state index contributed by atoms with van der Waals surface area (Å²) >= 11 is 0. The standard InChI is InChI=1S/C19H25NO3/c1-20-9-8-14-13-5-7-17(22-3)19(14)23-18-11-12(10-15(13)20)4-6-16(18)21-2/h4-7,11,13-15,17,19H,8-10H2,1-3H3/t13-,14+,15-,17+,19-/m1/s1. The first-order valence-electron chi connectivity index (χ1n) is 8.46. The molecule has 0 N–H and O–H groups in total. The van der Waals surface area contributed by atoms with Crippen LogP contribution in [-0.4, -0.2) is 51.0 Å². The minimum absolute atomic E-state index is 0.00627. The van der Waals surface area contributed by atoms with E-state index in [-0.39, 0.29) is 12.2 Å². The minimum Gasteiger partial charge on any atom is -0.493 e. The van der Waals surface area contributed by atoms with Crippen molar-refractivity contribution in [1.29, 1.82) is 0 Å². The monoisotopic (exact) mass is 315 g/mol. The number of likely N-dealkylation sites (tertiary alicyclic amines) is 1. The average molecular weight is 315 g/mol.